The molecule has 2 heterocycles. The van der Waals surface area contributed by atoms with E-state index in [4.69, 9.17) is 4.74 Å². The van der Waals surface area contributed by atoms with Gasteiger partial charge in [-0.15, -0.1) is 0 Å². The van der Waals surface area contributed by atoms with Gasteiger partial charge in [0, 0.05) is 12.2 Å². The van der Waals surface area contributed by atoms with E-state index >= 15 is 0 Å². The van der Waals surface area contributed by atoms with E-state index in [2.05, 4.69) is 34.3 Å². The summed E-state index contributed by atoms with van der Waals surface area (Å²) in [4.78, 5) is 30.4. The zero-order valence-corrected chi connectivity index (χ0v) is 17.7. The van der Waals surface area contributed by atoms with Crippen molar-refractivity contribution in [2.45, 2.75) is 39.7 Å². The van der Waals surface area contributed by atoms with Crippen molar-refractivity contribution in [3.05, 3.63) is 58.4 Å². The Kier molecular flexibility index (Phi) is 6.75. The first-order chi connectivity index (χ1) is 13.9. The molecule has 1 saturated heterocycles. The van der Waals surface area contributed by atoms with Gasteiger partial charge in [0.15, 0.2) is 0 Å². The molecule has 1 amide bonds. The van der Waals surface area contributed by atoms with Gasteiger partial charge < -0.3 is 15.0 Å². The minimum atomic E-state index is -0.431. The molecular formula is C23H31N3O3. The van der Waals surface area contributed by atoms with E-state index in [-0.39, 0.29) is 11.9 Å². The van der Waals surface area contributed by atoms with Gasteiger partial charge in [0.25, 0.3) is 5.91 Å². The quantitative estimate of drug-likeness (QED) is 0.730. The Hall–Kier alpha value is -2.60. The normalized spacial score (nSPS) is 16.4. The van der Waals surface area contributed by atoms with Gasteiger partial charge in [-0.2, -0.15) is 0 Å². The lowest BCUT2D eigenvalue weighted by atomic mass is 9.95. The van der Waals surface area contributed by atoms with Gasteiger partial charge in [-0.3, -0.25) is 9.69 Å². The second-order valence-corrected chi connectivity index (χ2v) is 7.97. The maximum atomic E-state index is 12.9. The van der Waals surface area contributed by atoms with Crippen LogP contribution in [0.3, 0.4) is 0 Å². The number of aryl methyl sites for hydroxylation is 1. The van der Waals surface area contributed by atoms with Gasteiger partial charge in [0.05, 0.1) is 18.7 Å². The van der Waals surface area contributed by atoms with Crippen LogP contribution in [0.4, 0.5) is 0 Å². The first-order valence-electron chi connectivity index (χ1n) is 10.3. The standard InChI is InChI=1S/C23H31N3O3/c1-15-10-12-26(13-11-15)19(18-8-6-5-7-9-18)14-24-22(27)21-16(2)20(17(3)25-21)23(28)29-4/h5-9,15,19,25H,10-14H2,1-4H3,(H,24,27). The molecule has 29 heavy (non-hydrogen) atoms. The third-order valence-corrected chi connectivity index (χ3v) is 5.95. The number of piperidine rings is 1. The average molecular weight is 398 g/mol. The van der Waals surface area contributed by atoms with Crippen molar-refractivity contribution in [1.29, 1.82) is 0 Å². The number of aromatic nitrogens is 1. The molecule has 3 rings (SSSR count). The number of carbonyl (C=O) groups excluding carboxylic acids is 2. The van der Waals surface area contributed by atoms with Crippen LogP contribution >= 0.6 is 0 Å². The summed E-state index contributed by atoms with van der Waals surface area (Å²) in [6.45, 7) is 8.42. The summed E-state index contributed by atoms with van der Waals surface area (Å²) >= 11 is 0. The second kappa shape index (κ2) is 9.27. The predicted molar refractivity (Wildman–Crippen MR) is 113 cm³/mol. The number of likely N-dealkylation sites (tertiary alicyclic amines) is 1. The number of ether oxygens (including phenoxy) is 1. The summed E-state index contributed by atoms with van der Waals surface area (Å²) in [7, 11) is 1.35. The van der Waals surface area contributed by atoms with Crippen LogP contribution in [0.15, 0.2) is 30.3 Å². The minimum absolute atomic E-state index is 0.129. The number of nitrogens with one attached hydrogen (secondary N) is 2. The number of hydrogen-bond donors (Lipinski definition) is 2. The van der Waals surface area contributed by atoms with E-state index in [0.717, 1.165) is 19.0 Å². The van der Waals surface area contributed by atoms with E-state index in [9.17, 15) is 9.59 Å². The lowest BCUT2D eigenvalue weighted by Gasteiger charge is -2.37. The molecule has 1 aliphatic rings. The van der Waals surface area contributed by atoms with E-state index < -0.39 is 5.97 Å². The SMILES string of the molecule is COC(=O)c1c(C)[nH]c(C(=O)NCC(c2ccccc2)N2CCC(C)CC2)c1C. The molecule has 0 spiro atoms. The van der Waals surface area contributed by atoms with E-state index in [1.807, 2.05) is 18.2 Å². The van der Waals surface area contributed by atoms with Gasteiger partial charge >= 0.3 is 5.97 Å². The summed E-state index contributed by atoms with van der Waals surface area (Å²) in [6.07, 6.45) is 2.35. The van der Waals surface area contributed by atoms with Crippen LogP contribution < -0.4 is 5.32 Å². The summed E-state index contributed by atoms with van der Waals surface area (Å²) < 4.78 is 4.84. The van der Waals surface area contributed by atoms with Crippen molar-refractivity contribution in [3.8, 4) is 0 Å². The monoisotopic (exact) mass is 397 g/mol. The number of hydrogen-bond acceptors (Lipinski definition) is 4. The van der Waals surface area contributed by atoms with Crippen molar-refractivity contribution in [1.82, 2.24) is 15.2 Å². The number of carbonyl (C=O) groups is 2. The topological polar surface area (TPSA) is 74.4 Å². The third kappa shape index (κ3) is 4.70. The summed E-state index contributed by atoms with van der Waals surface area (Å²) in [6, 6.07) is 10.5. The number of esters is 1. The highest BCUT2D eigenvalue weighted by atomic mass is 16.5. The number of rotatable bonds is 6. The van der Waals surface area contributed by atoms with Crippen molar-refractivity contribution in [2.75, 3.05) is 26.7 Å². The summed E-state index contributed by atoms with van der Waals surface area (Å²) in [5.74, 6) is 0.116. The Morgan fingerprint density at radius 1 is 1.21 bits per heavy atom. The molecule has 156 valence electrons. The molecule has 6 heteroatoms. The Morgan fingerprint density at radius 3 is 2.48 bits per heavy atom. The number of nitrogens with zero attached hydrogens (tertiary/aromatic N) is 1. The fourth-order valence-corrected chi connectivity index (χ4v) is 4.14. The van der Waals surface area contributed by atoms with E-state index in [1.54, 1.807) is 13.8 Å². The lowest BCUT2D eigenvalue weighted by Crippen LogP contribution is -2.42. The Labute approximate surface area is 172 Å². The van der Waals surface area contributed by atoms with E-state index in [0.29, 0.717) is 29.1 Å². The first kappa shape index (κ1) is 21.1. The van der Waals surface area contributed by atoms with Crippen LogP contribution in [0.25, 0.3) is 0 Å². The molecule has 1 fully saturated rings. The minimum Gasteiger partial charge on any atom is -0.465 e. The third-order valence-electron chi connectivity index (χ3n) is 5.95. The Bertz CT molecular complexity index is 852. The maximum Gasteiger partial charge on any atom is 0.339 e. The molecular weight excluding hydrogens is 366 g/mol. The zero-order valence-electron chi connectivity index (χ0n) is 17.7. The van der Waals surface area contributed by atoms with Crippen LogP contribution in [0.1, 0.15) is 63.5 Å². The lowest BCUT2D eigenvalue weighted by molar-refractivity contribution is 0.0599. The van der Waals surface area contributed by atoms with Gasteiger partial charge in [-0.05, 0) is 56.8 Å². The summed E-state index contributed by atoms with van der Waals surface area (Å²) in [5.41, 5.74) is 3.32. The van der Waals surface area contributed by atoms with E-state index in [1.165, 1.54) is 25.5 Å². The maximum absolute atomic E-state index is 12.9. The van der Waals surface area contributed by atoms with Crippen LogP contribution in [0, 0.1) is 19.8 Å². The number of methoxy groups -OCH3 is 1. The first-order valence-corrected chi connectivity index (χ1v) is 10.3. The molecule has 1 aromatic heterocycles. The van der Waals surface area contributed by atoms with Crippen LogP contribution in [0.2, 0.25) is 0 Å². The van der Waals surface area contributed by atoms with Crippen LogP contribution in [-0.2, 0) is 4.74 Å². The number of amides is 1. The molecule has 2 aromatic rings. The molecule has 1 atom stereocenters. The molecule has 6 nitrogen and oxygen atoms in total. The zero-order chi connectivity index (χ0) is 21.0. The largest absolute Gasteiger partial charge is 0.465 e. The highest BCUT2D eigenvalue weighted by Crippen LogP contribution is 2.26. The van der Waals surface area contributed by atoms with Crippen molar-refractivity contribution in [3.63, 3.8) is 0 Å². The molecule has 0 aliphatic carbocycles. The van der Waals surface area contributed by atoms with Crippen LogP contribution in [-0.4, -0.2) is 48.5 Å². The predicted octanol–water partition coefficient (Wildman–Crippen LogP) is 3.62. The van der Waals surface area contributed by atoms with Gasteiger partial charge in [0.2, 0.25) is 0 Å². The highest BCUT2D eigenvalue weighted by molar-refractivity contribution is 6.00. The molecule has 0 saturated carbocycles. The molecule has 1 aromatic carbocycles. The molecule has 1 aliphatic heterocycles. The van der Waals surface area contributed by atoms with Gasteiger partial charge in [-0.1, -0.05) is 37.3 Å². The molecule has 1 unspecified atom stereocenters. The van der Waals surface area contributed by atoms with Crippen LogP contribution in [0.5, 0.6) is 0 Å². The van der Waals surface area contributed by atoms with Crippen molar-refractivity contribution >= 4 is 11.9 Å². The van der Waals surface area contributed by atoms with Crippen molar-refractivity contribution < 1.29 is 14.3 Å². The number of benzene rings is 1. The highest BCUT2D eigenvalue weighted by Gasteiger charge is 2.27. The molecule has 0 radical (unpaired) electrons. The average Bonchev–Trinajstić information content (AvgIpc) is 3.03. The fraction of sp³-hybridized carbons (Fsp3) is 0.478. The Balaban J connectivity index is 1.76. The fourth-order valence-electron chi connectivity index (χ4n) is 4.14. The van der Waals surface area contributed by atoms with Gasteiger partial charge in [-0.25, -0.2) is 4.79 Å². The number of H-pyrrole nitrogens is 1. The smallest absolute Gasteiger partial charge is 0.339 e. The Morgan fingerprint density at radius 2 is 1.86 bits per heavy atom. The molecule has 0 bridgehead atoms. The second-order valence-electron chi connectivity index (χ2n) is 7.97. The number of aromatic amines is 1. The molecule has 2 N–H and O–H groups in total. The van der Waals surface area contributed by atoms with Gasteiger partial charge in [0.1, 0.15) is 5.69 Å². The summed E-state index contributed by atoms with van der Waals surface area (Å²) in [5, 5.41) is 3.08. The van der Waals surface area contributed by atoms with Crippen molar-refractivity contribution in [2.24, 2.45) is 5.92 Å².